The molecule has 0 bridgehead atoms. The van der Waals surface area contributed by atoms with Gasteiger partial charge in [0.1, 0.15) is 6.26 Å². The molecule has 11 heavy (non-hydrogen) atoms. The predicted octanol–water partition coefficient (Wildman–Crippen LogP) is 1.44. The van der Waals surface area contributed by atoms with E-state index in [1.54, 1.807) is 12.5 Å². The number of hydrogen-bond acceptors (Lipinski definition) is 3. The van der Waals surface area contributed by atoms with E-state index in [1.165, 1.54) is 12.8 Å². The van der Waals surface area contributed by atoms with E-state index < -0.39 is 0 Å². The zero-order valence-corrected chi connectivity index (χ0v) is 6.66. The molecule has 1 fully saturated rings. The molecule has 0 spiro atoms. The number of hydrogen-bond donors (Lipinski definition) is 0. The van der Waals surface area contributed by atoms with Gasteiger partial charge in [0.25, 0.3) is 0 Å². The van der Waals surface area contributed by atoms with E-state index in [0.717, 1.165) is 12.4 Å². The number of oxazole rings is 1. The normalized spacial score (nSPS) is 26.1. The smallest absolute Gasteiger partial charge is 0.211 e. The first-order chi connectivity index (χ1) is 5.38. The van der Waals surface area contributed by atoms with Crippen LogP contribution in [0.25, 0.3) is 0 Å². The second-order valence-corrected chi connectivity index (χ2v) is 3.01. The summed E-state index contributed by atoms with van der Waals surface area (Å²) in [7, 11) is 2.11. The lowest BCUT2D eigenvalue weighted by molar-refractivity contribution is 0.268. The Kier molecular flexibility index (Phi) is 1.66. The zero-order valence-electron chi connectivity index (χ0n) is 6.66. The average molecular weight is 152 g/mol. The van der Waals surface area contributed by atoms with Gasteiger partial charge in [-0.05, 0) is 26.4 Å². The van der Waals surface area contributed by atoms with Gasteiger partial charge in [0.2, 0.25) is 5.89 Å². The largest absolute Gasteiger partial charge is 0.447 e. The van der Waals surface area contributed by atoms with E-state index in [9.17, 15) is 0 Å². The van der Waals surface area contributed by atoms with E-state index >= 15 is 0 Å². The summed E-state index contributed by atoms with van der Waals surface area (Å²) in [4.78, 5) is 6.42. The highest BCUT2D eigenvalue weighted by atomic mass is 16.3. The molecule has 60 valence electrons. The van der Waals surface area contributed by atoms with Crippen molar-refractivity contribution in [2.75, 3.05) is 13.6 Å². The number of nitrogens with zero attached hydrogens (tertiary/aromatic N) is 2. The molecule has 1 saturated heterocycles. The molecule has 1 aliphatic rings. The van der Waals surface area contributed by atoms with Crippen LogP contribution in [0, 0.1) is 0 Å². The Labute approximate surface area is 66.0 Å². The Morgan fingerprint density at radius 1 is 1.73 bits per heavy atom. The Morgan fingerprint density at radius 3 is 3.18 bits per heavy atom. The maximum absolute atomic E-state index is 5.24. The van der Waals surface area contributed by atoms with E-state index in [4.69, 9.17) is 4.42 Å². The first-order valence-corrected chi connectivity index (χ1v) is 3.97. The van der Waals surface area contributed by atoms with Crippen molar-refractivity contribution in [1.82, 2.24) is 9.88 Å². The minimum Gasteiger partial charge on any atom is -0.447 e. The third-order valence-corrected chi connectivity index (χ3v) is 2.26. The fraction of sp³-hybridized carbons (Fsp3) is 0.625. The van der Waals surface area contributed by atoms with Gasteiger partial charge < -0.3 is 4.42 Å². The molecule has 2 rings (SSSR count). The van der Waals surface area contributed by atoms with Crippen LogP contribution in [0.2, 0.25) is 0 Å². The molecule has 3 heteroatoms. The molecule has 0 aromatic carbocycles. The van der Waals surface area contributed by atoms with Crippen molar-refractivity contribution < 1.29 is 4.42 Å². The molecule has 0 amide bonds. The number of aromatic nitrogens is 1. The third-order valence-electron chi connectivity index (χ3n) is 2.26. The summed E-state index contributed by atoms with van der Waals surface area (Å²) in [5, 5.41) is 0. The summed E-state index contributed by atoms with van der Waals surface area (Å²) >= 11 is 0. The molecule has 0 N–H and O–H groups in total. The second-order valence-electron chi connectivity index (χ2n) is 3.01. The number of likely N-dealkylation sites (tertiary alicyclic amines) is 1. The minimum absolute atomic E-state index is 0.421. The first-order valence-electron chi connectivity index (χ1n) is 3.97. The third kappa shape index (κ3) is 1.16. The van der Waals surface area contributed by atoms with Gasteiger partial charge in [-0.1, -0.05) is 0 Å². The lowest BCUT2D eigenvalue weighted by Gasteiger charge is -2.14. The van der Waals surface area contributed by atoms with Crippen molar-refractivity contribution in [3.63, 3.8) is 0 Å². The molecular weight excluding hydrogens is 140 g/mol. The van der Waals surface area contributed by atoms with Crippen LogP contribution in [0.5, 0.6) is 0 Å². The van der Waals surface area contributed by atoms with Crippen LogP contribution in [0.1, 0.15) is 24.8 Å². The summed E-state index contributed by atoms with van der Waals surface area (Å²) in [6.07, 6.45) is 5.78. The summed E-state index contributed by atoms with van der Waals surface area (Å²) < 4.78 is 5.24. The van der Waals surface area contributed by atoms with Gasteiger partial charge in [-0.25, -0.2) is 4.98 Å². The summed E-state index contributed by atoms with van der Waals surface area (Å²) in [6.45, 7) is 1.16. The molecule has 0 saturated carbocycles. The van der Waals surface area contributed by atoms with Crippen molar-refractivity contribution >= 4 is 0 Å². The van der Waals surface area contributed by atoms with Gasteiger partial charge in [0.15, 0.2) is 0 Å². The molecule has 2 heterocycles. The highest BCUT2D eigenvalue weighted by Gasteiger charge is 2.25. The van der Waals surface area contributed by atoms with E-state index in [-0.39, 0.29) is 0 Å². The lowest BCUT2D eigenvalue weighted by atomic mass is 10.2. The van der Waals surface area contributed by atoms with Crippen LogP contribution in [0.4, 0.5) is 0 Å². The van der Waals surface area contributed by atoms with Gasteiger partial charge in [0.05, 0.1) is 12.2 Å². The fourth-order valence-electron chi connectivity index (χ4n) is 1.62. The second kappa shape index (κ2) is 2.66. The zero-order chi connectivity index (χ0) is 7.68. The van der Waals surface area contributed by atoms with E-state index in [2.05, 4.69) is 16.9 Å². The molecule has 3 nitrogen and oxygen atoms in total. The minimum atomic E-state index is 0.421. The fourth-order valence-corrected chi connectivity index (χ4v) is 1.62. The van der Waals surface area contributed by atoms with Crippen molar-refractivity contribution in [2.24, 2.45) is 0 Å². The average Bonchev–Trinajstić information content (AvgIpc) is 2.55. The van der Waals surface area contributed by atoms with Crippen molar-refractivity contribution in [3.05, 3.63) is 18.4 Å². The van der Waals surface area contributed by atoms with Crippen LogP contribution < -0.4 is 0 Å². The Hall–Kier alpha value is -0.830. The van der Waals surface area contributed by atoms with Crippen molar-refractivity contribution in [3.8, 4) is 0 Å². The summed E-state index contributed by atoms with van der Waals surface area (Å²) in [6, 6.07) is 0.421. The molecule has 1 aliphatic heterocycles. The summed E-state index contributed by atoms with van der Waals surface area (Å²) in [5.74, 6) is 0.866. The number of rotatable bonds is 1. The first kappa shape index (κ1) is 6.85. The molecule has 0 unspecified atom stereocenters. The maximum atomic E-state index is 5.24. The van der Waals surface area contributed by atoms with Crippen LogP contribution in [0.3, 0.4) is 0 Å². The highest BCUT2D eigenvalue weighted by molar-refractivity contribution is 4.93. The SMILES string of the molecule is CN1CCC[C@@H]1c1ncco1. The van der Waals surface area contributed by atoms with Crippen LogP contribution in [-0.2, 0) is 0 Å². The molecule has 0 radical (unpaired) electrons. The molecule has 0 aliphatic carbocycles. The van der Waals surface area contributed by atoms with Gasteiger partial charge in [-0.15, -0.1) is 0 Å². The van der Waals surface area contributed by atoms with E-state index in [1.807, 2.05) is 0 Å². The molecular formula is C8H12N2O. The van der Waals surface area contributed by atoms with Crippen LogP contribution >= 0.6 is 0 Å². The predicted molar refractivity (Wildman–Crippen MR) is 41.1 cm³/mol. The molecule has 1 aromatic rings. The summed E-state index contributed by atoms with van der Waals surface area (Å²) in [5.41, 5.74) is 0. The van der Waals surface area contributed by atoms with Crippen LogP contribution in [-0.4, -0.2) is 23.5 Å². The van der Waals surface area contributed by atoms with Crippen molar-refractivity contribution in [2.45, 2.75) is 18.9 Å². The van der Waals surface area contributed by atoms with Gasteiger partial charge >= 0.3 is 0 Å². The Morgan fingerprint density at radius 2 is 2.64 bits per heavy atom. The Bertz CT molecular complexity index is 220. The molecule has 1 atom stereocenters. The molecule has 1 aromatic heterocycles. The topological polar surface area (TPSA) is 29.3 Å². The van der Waals surface area contributed by atoms with Crippen LogP contribution in [0.15, 0.2) is 16.9 Å². The lowest BCUT2D eigenvalue weighted by Crippen LogP contribution is -2.17. The van der Waals surface area contributed by atoms with Gasteiger partial charge in [0, 0.05) is 0 Å². The quantitative estimate of drug-likeness (QED) is 0.609. The van der Waals surface area contributed by atoms with Gasteiger partial charge in [-0.3, -0.25) is 4.90 Å². The maximum Gasteiger partial charge on any atom is 0.211 e. The highest BCUT2D eigenvalue weighted by Crippen LogP contribution is 2.28. The van der Waals surface area contributed by atoms with Gasteiger partial charge in [-0.2, -0.15) is 0 Å². The monoisotopic (exact) mass is 152 g/mol. The van der Waals surface area contributed by atoms with Crippen molar-refractivity contribution in [1.29, 1.82) is 0 Å². The standard InChI is InChI=1S/C8H12N2O/c1-10-5-2-3-7(10)8-9-4-6-11-8/h4,6-7H,2-3,5H2,1H3/t7-/m1/s1. The van der Waals surface area contributed by atoms with E-state index in [0.29, 0.717) is 6.04 Å². The Balaban J connectivity index is 2.16.